The highest BCUT2D eigenvalue weighted by molar-refractivity contribution is 5.15. The molecule has 1 aliphatic carbocycles. The van der Waals surface area contributed by atoms with Crippen molar-refractivity contribution in [1.29, 1.82) is 0 Å². The van der Waals surface area contributed by atoms with Crippen molar-refractivity contribution in [3.8, 4) is 0 Å². The van der Waals surface area contributed by atoms with Gasteiger partial charge in [0.15, 0.2) is 0 Å². The normalized spacial score (nSPS) is 24.4. The molecule has 0 aromatic heterocycles. The molecular weight excluding hydrogens is 220 g/mol. The van der Waals surface area contributed by atoms with Crippen molar-refractivity contribution in [1.82, 2.24) is 0 Å². The van der Waals surface area contributed by atoms with Crippen LogP contribution in [0.1, 0.15) is 57.9 Å². The van der Waals surface area contributed by atoms with Gasteiger partial charge in [0.25, 0.3) is 0 Å². The summed E-state index contributed by atoms with van der Waals surface area (Å²) in [7, 11) is 0. The molecule has 0 spiro atoms. The fourth-order valence-electron chi connectivity index (χ4n) is 2.72. The molecule has 18 heavy (non-hydrogen) atoms. The van der Waals surface area contributed by atoms with E-state index in [9.17, 15) is 5.11 Å². The molecule has 0 heterocycles. The predicted octanol–water partition coefficient (Wildman–Crippen LogP) is 4.59. The first kappa shape index (κ1) is 15.2. The minimum Gasteiger partial charge on any atom is -0.393 e. The molecule has 1 N–H and O–H groups in total. The average molecular weight is 248 g/mol. The molecule has 1 nitrogen and oxygen atoms in total. The summed E-state index contributed by atoms with van der Waals surface area (Å²) >= 11 is 0. The van der Waals surface area contributed by atoms with E-state index in [4.69, 9.17) is 0 Å². The van der Waals surface area contributed by atoms with Crippen LogP contribution < -0.4 is 0 Å². The van der Waals surface area contributed by atoms with Crippen LogP contribution in [0.2, 0.25) is 0 Å². The van der Waals surface area contributed by atoms with Crippen LogP contribution in [0.3, 0.4) is 0 Å². The third-order valence-corrected chi connectivity index (χ3v) is 3.67. The molecule has 102 valence electrons. The molecule has 0 atom stereocenters. The molecule has 0 bridgehead atoms. The lowest BCUT2D eigenvalue weighted by molar-refractivity contribution is 0.134. The molecule has 0 aliphatic heterocycles. The Labute approximate surface area is 112 Å². The fourth-order valence-corrected chi connectivity index (χ4v) is 2.72. The van der Waals surface area contributed by atoms with Gasteiger partial charge in [-0.25, -0.2) is 0 Å². The van der Waals surface area contributed by atoms with Gasteiger partial charge >= 0.3 is 0 Å². The van der Waals surface area contributed by atoms with Crippen LogP contribution in [-0.4, -0.2) is 11.2 Å². The van der Waals surface area contributed by atoms with Gasteiger partial charge in [0, 0.05) is 0 Å². The molecule has 0 saturated heterocycles. The van der Waals surface area contributed by atoms with Gasteiger partial charge in [-0.1, -0.05) is 69.9 Å². The van der Waals surface area contributed by atoms with E-state index in [-0.39, 0.29) is 6.10 Å². The first-order valence-corrected chi connectivity index (χ1v) is 7.56. The predicted molar refractivity (Wildman–Crippen MR) is 78.7 cm³/mol. The lowest BCUT2D eigenvalue weighted by Gasteiger charge is -2.22. The van der Waals surface area contributed by atoms with Crippen molar-refractivity contribution in [2.24, 2.45) is 5.92 Å². The van der Waals surface area contributed by atoms with E-state index < -0.39 is 0 Å². The van der Waals surface area contributed by atoms with Crippen LogP contribution in [0.15, 0.2) is 30.3 Å². The zero-order valence-electron chi connectivity index (χ0n) is 11.9. The maximum Gasteiger partial charge on any atom is 0.0540 e. The first-order chi connectivity index (χ1) is 8.84. The lowest BCUT2D eigenvalue weighted by atomic mass is 9.86. The Morgan fingerprint density at radius 2 is 1.50 bits per heavy atom. The third kappa shape index (κ3) is 5.68. The second-order valence-electron chi connectivity index (χ2n) is 5.07. The molecule has 2 rings (SSSR count). The largest absolute Gasteiger partial charge is 0.393 e. The zero-order valence-corrected chi connectivity index (χ0v) is 11.9. The van der Waals surface area contributed by atoms with Crippen LogP contribution in [-0.2, 0) is 6.42 Å². The van der Waals surface area contributed by atoms with Gasteiger partial charge in [0.2, 0.25) is 0 Å². The molecule has 1 aromatic rings. The van der Waals surface area contributed by atoms with E-state index in [1.807, 2.05) is 13.8 Å². The molecule has 1 aromatic carbocycles. The Morgan fingerprint density at radius 1 is 0.944 bits per heavy atom. The highest BCUT2D eigenvalue weighted by Crippen LogP contribution is 2.25. The van der Waals surface area contributed by atoms with Crippen molar-refractivity contribution in [3.63, 3.8) is 0 Å². The van der Waals surface area contributed by atoms with E-state index in [1.165, 1.54) is 37.7 Å². The monoisotopic (exact) mass is 248 g/mol. The Morgan fingerprint density at radius 3 is 2.06 bits per heavy atom. The Kier molecular flexibility index (Phi) is 7.75. The van der Waals surface area contributed by atoms with Crippen molar-refractivity contribution in [2.45, 2.75) is 64.9 Å². The van der Waals surface area contributed by atoms with Gasteiger partial charge in [-0.15, -0.1) is 0 Å². The minimum atomic E-state index is -0.0299. The van der Waals surface area contributed by atoms with Gasteiger partial charge in [0.05, 0.1) is 6.10 Å². The summed E-state index contributed by atoms with van der Waals surface area (Å²) in [6, 6.07) is 10.8. The van der Waals surface area contributed by atoms with E-state index in [2.05, 4.69) is 30.3 Å². The Balaban J connectivity index is 0.000000771. The summed E-state index contributed by atoms with van der Waals surface area (Å²) in [6.45, 7) is 4.00. The van der Waals surface area contributed by atoms with E-state index in [0.717, 1.165) is 18.8 Å². The minimum absolute atomic E-state index is 0.0299. The molecule has 1 aliphatic rings. The molecule has 1 fully saturated rings. The molecular formula is C17H28O. The average Bonchev–Trinajstić information content (AvgIpc) is 2.39. The second kappa shape index (κ2) is 9.16. The van der Waals surface area contributed by atoms with Crippen LogP contribution in [0, 0.1) is 5.92 Å². The van der Waals surface area contributed by atoms with Gasteiger partial charge < -0.3 is 5.11 Å². The number of rotatable bonds is 2. The highest BCUT2D eigenvalue weighted by atomic mass is 16.3. The Bertz CT molecular complexity index is 284. The number of aliphatic hydroxyl groups excluding tert-OH is 1. The summed E-state index contributed by atoms with van der Waals surface area (Å²) in [5.41, 5.74) is 1.47. The quantitative estimate of drug-likeness (QED) is 0.812. The number of hydrogen-bond acceptors (Lipinski definition) is 1. The standard InChI is InChI=1S/C15H22O.C2H6/c16-15-10-4-8-14(9-5-11-15)12-13-6-2-1-3-7-13;1-2/h1-3,6-7,14-16H,4-5,8-12H2;1-2H3. The zero-order chi connectivity index (χ0) is 13.2. The smallest absolute Gasteiger partial charge is 0.0540 e. The van der Waals surface area contributed by atoms with Gasteiger partial charge in [-0.2, -0.15) is 0 Å². The number of aliphatic hydroxyl groups is 1. The third-order valence-electron chi connectivity index (χ3n) is 3.67. The van der Waals surface area contributed by atoms with E-state index in [1.54, 1.807) is 0 Å². The summed E-state index contributed by atoms with van der Waals surface area (Å²) in [5, 5.41) is 9.59. The summed E-state index contributed by atoms with van der Waals surface area (Å²) < 4.78 is 0. The SMILES string of the molecule is CC.OC1CCCC(Cc2ccccc2)CCC1. The van der Waals surface area contributed by atoms with Gasteiger partial charge in [0.1, 0.15) is 0 Å². The topological polar surface area (TPSA) is 20.2 Å². The van der Waals surface area contributed by atoms with Gasteiger partial charge in [-0.3, -0.25) is 0 Å². The van der Waals surface area contributed by atoms with Crippen LogP contribution >= 0.6 is 0 Å². The lowest BCUT2D eigenvalue weighted by Crippen LogP contribution is -2.14. The Hall–Kier alpha value is -0.820. The number of benzene rings is 1. The first-order valence-electron chi connectivity index (χ1n) is 7.56. The fraction of sp³-hybridized carbons (Fsp3) is 0.647. The molecule has 0 amide bonds. The number of hydrogen-bond donors (Lipinski definition) is 1. The maximum atomic E-state index is 9.59. The van der Waals surface area contributed by atoms with Crippen LogP contribution in [0.4, 0.5) is 0 Å². The highest BCUT2D eigenvalue weighted by Gasteiger charge is 2.15. The maximum absolute atomic E-state index is 9.59. The van der Waals surface area contributed by atoms with Crippen molar-refractivity contribution in [2.75, 3.05) is 0 Å². The molecule has 0 unspecified atom stereocenters. The summed E-state index contributed by atoms with van der Waals surface area (Å²) in [5.74, 6) is 0.829. The van der Waals surface area contributed by atoms with Crippen molar-refractivity contribution < 1.29 is 5.11 Å². The summed E-state index contributed by atoms with van der Waals surface area (Å²) in [4.78, 5) is 0. The molecule has 0 radical (unpaired) electrons. The van der Waals surface area contributed by atoms with E-state index in [0.29, 0.717) is 0 Å². The van der Waals surface area contributed by atoms with Crippen molar-refractivity contribution in [3.05, 3.63) is 35.9 Å². The molecule has 1 heteroatoms. The van der Waals surface area contributed by atoms with E-state index >= 15 is 0 Å². The van der Waals surface area contributed by atoms with Crippen LogP contribution in [0.25, 0.3) is 0 Å². The summed E-state index contributed by atoms with van der Waals surface area (Å²) in [6.07, 6.45) is 8.15. The van der Waals surface area contributed by atoms with Crippen LogP contribution in [0.5, 0.6) is 0 Å². The van der Waals surface area contributed by atoms with Crippen molar-refractivity contribution >= 4 is 0 Å². The van der Waals surface area contributed by atoms with Gasteiger partial charge in [-0.05, 0) is 30.7 Å². The second-order valence-corrected chi connectivity index (χ2v) is 5.07. The molecule has 1 saturated carbocycles.